The fourth-order valence-electron chi connectivity index (χ4n) is 2.02. The topological polar surface area (TPSA) is 78.6 Å². The van der Waals surface area contributed by atoms with Crippen molar-refractivity contribution in [2.24, 2.45) is 0 Å². The van der Waals surface area contributed by atoms with Crippen molar-refractivity contribution in [3.8, 4) is 0 Å². The Hall–Kier alpha value is -1.56. The van der Waals surface area contributed by atoms with Gasteiger partial charge in [0.15, 0.2) is 0 Å². The van der Waals surface area contributed by atoms with Gasteiger partial charge in [0, 0.05) is 13.1 Å². The normalized spacial score (nSPS) is 19.9. The van der Waals surface area contributed by atoms with Gasteiger partial charge in [-0.2, -0.15) is 0 Å². The second-order valence-corrected chi connectivity index (χ2v) is 4.65. The van der Waals surface area contributed by atoms with Gasteiger partial charge in [-0.1, -0.05) is 0 Å². The number of likely N-dealkylation sites (tertiary alicyclic amines) is 1. The molecule has 1 aliphatic heterocycles. The molecule has 6 nitrogen and oxygen atoms in total. The number of hydrogen-bond donors (Lipinski definition) is 2. The summed E-state index contributed by atoms with van der Waals surface area (Å²) in [4.78, 5) is 17.7. The third kappa shape index (κ3) is 3.01. The van der Waals surface area contributed by atoms with Crippen molar-refractivity contribution >= 4 is 6.03 Å². The highest BCUT2D eigenvalue weighted by Gasteiger charge is 2.22. The van der Waals surface area contributed by atoms with E-state index in [2.05, 4.69) is 10.3 Å². The van der Waals surface area contributed by atoms with Crippen molar-refractivity contribution in [3.05, 3.63) is 17.3 Å². The van der Waals surface area contributed by atoms with Gasteiger partial charge in [-0.3, -0.25) is 0 Å². The molecule has 6 heteroatoms. The maximum absolute atomic E-state index is 11.8. The molecule has 0 aromatic carbocycles. The Morgan fingerprint density at radius 1 is 1.61 bits per heavy atom. The summed E-state index contributed by atoms with van der Waals surface area (Å²) in [7, 11) is 0. The van der Waals surface area contributed by atoms with Gasteiger partial charge in [-0.05, 0) is 26.7 Å². The van der Waals surface area contributed by atoms with E-state index in [1.165, 1.54) is 0 Å². The molecule has 2 heterocycles. The van der Waals surface area contributed by atoms with E-state index < -0.39 is 6.10 Å². The zero-order valence-corrected chi connectivity index (χ0v) is 10.8. The van der Waals surface area contributed by atoms with Crippen LogP contribution in [0.2, 0.25) is 0 Å². The fraction of sp³-hybridized carbons (Fsp3) is 0.667. The van der Waals surface area contributed by atoms with Crippen LogP contribution in [0, 0.1) is 13.8 Å². The summed E-state index contributed by atoms with van der Waals surface area (Å²) < 4.78 is 5.38. The van der Waals surface area contributed by atoms with Gasteiger partial charge >= 0.3 is 6.03 Å². The Morgan fingerprint density at radius 2 is 2.39 bits per heavy atom. The molecule has 1 aromatic rings. The Morgan fingerprint density at radius 3 is 3.00 bits per heavy atom. The lowest BCUT2D eigenvalue weighted by Gasteiger charge is -2.29. The predicted molar refractivity (Wildman–Crippen MR) is 65.0 cm³/mol. The molecular formula is C12H19N3O3. The van der Waals surface area contributed by atoms with Crippen molar-refractivity contribution in [2.75, 3.05) is 13.1 Å². The number of β-amino-alcohol motifs (C(OH)–C–C–N with tert-alkyl or cyclic N) is 1. The van der Waals surface area contributed by atoms with E-state index in [4.69, 9.17) is 4.42 Å². The number of carbonyl (C=O) groups is 1. The molecule has 1 unspecified atom stereocenters. The monoisotopic (exact) mass is 253 g/mol. The van der Waals surface area contributed by atoms with Crippen LogP contribution in [0.5, 0.6) is 0 Å². The molecule has 18 heavy (non-hydrogen) atoms. The summed E-state index contributed by atoms with van der Waals surface area (Å²) in [6, 6.07) is -0.178. The number of nitrogens with zero attached hydrogens (tertiary/aromatic N) is 2. The van der Waals surface area contributed by atoms with Gasteiger partial charge in [0.25, 0.3) is 0 Å². The highest BCUT2D eigenvalue weighted by Crippen LogP contribution is 2.11. The fourth-order valence-corrected chi connectivity index (χ4v) is 2.02. The first-order valence-corrected chi connectivity index (χ1v) is 6.20. The van der Waals surface area contributed by atoms with Gasteiger partial charge < -0.3 is 19.7 Å². The number of rotatable bonds is 2. The minimum atomic E-state index is -0.407. The number of carbonyl (C=O) groups excluding carboxylic acids is 1. The molecule has 0 saturated carbocycles. The van der Waals surface area contributed by atoms with Crippen LogP contribution in [-0.4, -0.2) is 40.2 Å². The summed E-state index contributed by atoms with van der Waals surface area (Å²) in [6.07, 6.45) is 1.20. The largest absolute Gasteiger partial charge is 0.444 e. The predicted octanol–water partition coefficient (Wildman–Crippen LogP) is 0.958. The van der Waals surface area contributed by atoms with E-state index in [0.29, 0.717) is 19.0 Å². The van der Waals surface area contributed by atoms with Crippen LogP contribution in [0.4, 0.5) is 4.79 Å². The third-order valence-corrected chi connectivity index (χ3v) is 3.15. The number of urea groups is 1. The molecule has 1 aromatic heterocycles. The summed E-state index contributed by atoms with van der Waals surface area (Å²) >= 11 is 0. The maximum atomic E-state index is 11.8. The Labute approximate surface area is 106 Å². The number of aryl methyl sites for hydroxylation is 2. The Kier molecular flexibility index (Phi) is 3.86. The minimum absolute atomic E-state index is 0.178. The van der Waals surface area contributed by atoms with Gasteiger partial charge in [0.05, 0.1) is 18.3 Å². The number of oxazole rings is 1. The zero-order chi connectivity index (χ0) is 13.1. The van der Waals surface area contributed by atoms with Crippen LogP contribution in [-0.2, 0) is 6.54 Å². The van der Waals surface area contributed by atoms with Gasteiger partial charge in [-0.15, -0.1) is 0 Å². The van der Waals surface area contributed by atoms with E-state index in [1.807, 2.05) is 13.8 Å². The quantitative estimate of drug-likeness (QED) is 0.822. The zero-order valence-electron chi connectivity index (χ0n) is 10.8. The first kappa shape index (κ1) is 12.9. The number of nitrogens with one attached hydrogen (secondary N) is 1. The Balaban J connectivity index is 1.84. The maximum Gasteiger partial charge on any atom is 0.317 e. The molecule has 1 aliphatic rings. The van der Waals surface area contributed by atoms with E-state index >= 15 is 0 Å². The Bertz CT molecular complexity index is 411. The minimum Gasteiger partial charge on any atom is -0.444 e. The van der Waals surface area contributed by atoms with Crippen LogP contribution in [0.25, 0.3) is 0 Å². The molecule has 100 valence electrons. The summed E-state index contributed by atoms with van der Waals surface area (Å²) in [5, 5.41) is 12.3. The third-order valence-electron chi connectivity index (χ3n) is 3.15. The van der Waals surface area contributed by atoms with Crippen LogP contribution in [0.3, 0.4) is 0 Å². The molecule has 1 fully saturated rings. The van der Waals surface area contributed by atoms with Gasteiger partial charge in [0.1, 0.15) is 5.76 Å². The van der Waals surface area contributed by atoms with E-state index in [-0.39, 0.29) is 12.6 Å². The molecule has 0 spiro atoms. The van der Waals surface area contributed by atoms with Crippen molar-refractivity contribution in [3.63, 3.8) is 0 Å². The van der Waals surface area contributed by atoms with E-state index in [9.17, 15) is 9.90 Å². The van der Waals surface area contributed by atoms with E-state index in [0.717, 1.165) is 24.3 Å². The standard InChI is InChI=1S/C12H19N3O3/c1-8-9(2)18-11(14-8)6-13-12(17)15-5-3-4-10(16)7-15/h10,16H,3-7H2,1-2H3,(H,13,17). The molecule has 2 amide bonds. The molecule has 0 bridgehead atoms. The second kappa shape index (κ2) is 5.39. The highest BCUT2D eigenvalue weighted by molar-refractivity contribution is 5.74. The number of piperidine rings is 1. The number of aliphatic hydroxyl groups excluding tert-OH is 1. The second-order valence-electron chi connectivity index (χ2n) is 4.65. The molecular weight excluding hydrogens is 234 g/mol. The number of aliphatic hydroxyl groups is 1. The van der Waals surface area contributed by atoms with Crippen molar-refractivity contribution in [2.45, 2.75) is 39.3 Å². The SMILES string of the molecule is Cc1nc(CNC(=O)N2CCCC(O)C2)oc1C. The average molecular weight is 253 g/mol. The first-order valence-electron chi connectivity index (χ1n) is 6.20. The lowest BCUT2D eigenvalue weighted by molar-refractivity contribution is 0.0840. The molecule has 0 aliphatic carbocycles. The van der Waals surface area contributed by atoms with Crippen molar-refractivity contribution < 1.29 is 14.3 Å². The molecule has 2 N–H and O–H groups in total. The number of hydrogen-bond acceptors (Lipinski definition) is 4. The van der Waals surface area contributed by atoms with Crippen LogP contribution >= 0.6 is 0 Å². The molecule has 2 rings (SSSR count). The van der Waals surface area contributed by atoms with E-state index in [1.54, 1.807) is 4.90 Å². The molecule has 1 atom stereocenters. The lowest BCUT2D eigenvalue weighted by Crippen LogP contribution is -2.46. The number of aromatic nitrogens is 1. The average Bonchev–Trinajstić information content (AvgIpc) is 2.66. The van der Waals surface area contributed by atoms with Crippen molar-refractivity contribution in [1.29, 1.82) is 0 Å². The van der Waals surface area contributed by atoms with Gasteiger partial charge in [-0.25, -0.2) is 9.78 Å². The summed E-state index contributed by atoms with van der Waals surface area (Å²) in [5.74, 6) is 1.28. The van der Waals surface area contributed by atoms with Crippen LogP contribution < -0.4 is 5.32 Å². The first-order chi connectivity index (χ1) is 8.56. The van der Waals surface area contributed by atoms with Crippen LogP contribution in [0.1, 0.15) is 30.2 Å². The van der Waals surface area contributed by atoms with Crippen LogP contribution in [0.15, 0.2) is 4.42 Å². The van der Waals surface area contributed by atoms with Crippen molar-refractivity contribution in [1.82, 2.24) is 15.2 Å². The smallest absolute Gasteiger partial charge is 0.317 e. The summed E-state index contributed by atoms with van der Waals surface area (Å²) in [6.45, 7) is 5.07. The summed E-state index contributed by atoms with van der Waals surface area (Å²) in [5.41, 5.74) is 0.840. The highest BCUT2D eigenvalue weighted by atomic mass is 16.4. The lowest BCUT2D eigenvalue weighted by atomic mass is 10.1. The number of amides is 2. The molecule has 1 saturated heterocycles. The van der Waals surface area contributed by atoms with Gasteiger partial charge in [0.2, 0.25) is 5.89 Å². The molecule has 0 radical (unpaired) electrons.